The zero-order valence-electron chi connectivity index (χ0n) is 11.0. The predicted molar refractivity (Wildman–Crippen MR) is 78.6 cm³/mol. The molecule has 0 aromatic carbocycles. The third-order valence-electron chi connectivity index (χ3n) is 3.21. The van der Waals surface area contributed by atoms with E-state index in [9.17, 15) is 9.90 Å². The van der Waals surface area contributed by atoms with Crippen molar-refractivity contribution in [2.75, 3.05) is 7.05 Å². The molecule has 18 heavy (non-hydrogen) atoms. The van der Waals surface area contributed by atoms with Crippen LogP contribution >= 0.6 is 27.3 Å². The monoisotopic (exact) mass is 333 g/mol. The highest BCUT2D eigenvalue weighted by Crippen LogP contribution is 2.23. The zero-order valence-corrected chi connectivity index (χ0v) is 13.4. The molecule has 1 rings (SSSR count). The van der Waals surface area contributed by atoms with Crippen molar-refractivity contribution in [2.45, 2.75) is 39.3 Å². The van der Waals surface area contributed by atoms with Crippen LogP contribution < -0.4 is 0 Å². The average Bonchev–Trinajstić information content (AvgIpc) is 2.73. The summed E-state index contributed by atoms with van der Waals surface area (Å²) in [6.07, 6.45) is 0.539. The summed E-state index contributed by atoms with van der Waals surface area (Å²) in [6, 6.07) is 0. The number of aliphatic hydroxyl groups is 1. The summed E-state index contributed by atoms with van der Waals surface area (Å²) < 4.78 is 1.04. The molecular weight excluding hydrogens is 314 g/mol. The first-order chi connectivity index (χ1) is 8.45. The number of hydrogen-bond acceptors (Lipinski definition) is 3. The van der Waals surface area contributed by atoms with Crippen molar-refractivity contribution >= 4 is 33.2 Å². The topological polar surface area (TPSA) is 40.5 Å². The zero-order chi connectivity index (χ0) is 13.7. The molecule has 2 atom stereocenters. The summed E-state index contributed by atoms with van der Waals surface area (Å²) in [5.41, 5.74) is 1.11. The molecule has 1 amide bonds. The molecule has 5 heteroatoms. The van der Waals surface area contributed by atoms with Gasteiger partial charge in [-0.25, -0.2) is 0 Å². The largest absolute Gasteiger partial charge is 0.392 e. The van der Waals surface area contributed by atoms with Gasteiger partial charge in [-0.15, -0.1) is 0 Å². The van der Waals surface area contributed by atoms with E-state index >= 15 is 0 Å². The number of thiophene rings is 1. The van der Waals surface area contributed by atoms with E-state index in [1.54, 1.807) is 23.3 Å². The minimum atomic E-state index is -0.545. The second-order valence-corrected chi connectivity index (χ2v) is 6.25. The second kappa shape index (κ2) is 7.26. The summed E-state index contributed by atoms with van der Waals surface area (Å²) in [4.78, 5) is 13.6. The molecule has 1 heterocycles. The fourth-order valence-corrected chi connectivity index (χ4v) is 2.99. The lowest BCUT2D eigenvalue weighted by molar-refractivity contribution is -0.133. The van der Waals surface area contributed by atoms with Gasteiger partial charge in [0.2, 0.25) is 5.91 Å². The van der Waals surface area contributed by atoms with Crippen LogP contribution in [0.3, 0.4) is 0 Å². The van der Waals surface area contributed by atoms with Crippen molar-refractivity contribution in [1.29, 1.82) is 0 Å². The van der Waals surface area contributed by atoms with E-state index in [1.807, 2.05) is 24.6 Å². The van der Waals surface area contributed by atoms with Crippen LogP contribution in [0.25, 0.3) is 0 Å². The quantitative estimate of drug-likeness (QED) is 0.867. The predicted octanol–water partition coefficient (Wildman–Crippen LogP) is 3.27. The SMILES string of the molecule is CCC(C)C(O)CC(=O)N(C)Cc1cscc1Br. The van der Waals surface area contributed by atoms with Gasteiger partial charge >= 0.3 is 0 Å². The van der Waals surface area contributed by atoms with E-state index in [4.69, 9.17) is 0 Å². The molecule has 1 aromatic rings. The maximum Gasteiger partial charge on any atom is 0.225 e. The number of hydrogen-bond donors (Lipinski definition) is 1. The van der Waals surface area contributed by atoms with Gasteiger partial charge in [-0.05, 0) is 32.8 Å². The summed E-state index contributed by atoms with van der Waals surface area (Å²) in [6.45, 7) is 4.56. The van der Waals surface area contributed by atoms with Crippen LogP contribution in [0, 0.1) is 5.92 Å². The molecule has 0 aliphatic carbocycles. The molecule has 0 fully saturated rings. The molecule has 0 aliphatic rings. The summed E-state index contributed by atoms with van der Waals surface area (Å²) in [5, 5.41) is 13.9. The fourth-order valence-electron chi connectivity index (χ4n) is 1.57. The van der Waals surface area contributed by atoms with Crippen molar-refractivity contribution in [3.63, 3.8) is 0 Å². The lowest BCUT2D eigenvalue weighted by atomic mass is 9.99. The Morgan fingerprint density at radius 3 is 2.72 bits per heavy atom. The highest BCUT2D eigenvalue weighted by molar-refractivity contribution is 9.10. The number of aliphatic hydroxyl groups excluding tert-OH is 1. The molecule has 0 bridgehead atoms. The Balaban J connectivity index is 2.49. The van der Waals surface area contributed by atoms with Gasteiger partial charge in [-0.1, -0.05) is 20.3 Å². The lowest BCUT2D eigenvalue weighted by Gasteiger charge is -2.21. The molecule has 102 valence electrons. The van der Waals surface area contributed by atoms with E-state index in [1.165, 1.54) is 0 Å². The Bertz CT molecular complexity index is 394. The van der Waals surface area contributed by atoms with Crippen molar-refractivity contribution in [3.8, 4) is 0 Å². The number of carbonyl (C=O) groups is 1. The van der Waals surface area contributed by atoms with Gasteiger partial charge in [0, 0.05) is 23.4 Å². The van der Waals surface area contributed by atoms with Gasteiger partial charge in [0.25, 0.3) is 0 Å². The fraction of sp³-hybridized carbons (Fsp3) is 0.615. The first-order valence-electron chi connectivity index (χ1n) is 6.08. The average molecular weight is 334 g/mol. The molecule has 1 aromatic heterocycles. The first-order valence-corrected chi connectivity index (χ1v) is 7.81. The molecule has 2 unspecified atom stereocenters. The molecule has 0 radical (unpaired) electrons. The molecule has 0 aliphatic heterocycles. The first kappa shape index (κ1) is 15.7. The second-order valence-electron chi connectivity index (χ2n) is 4.65. The minimum Gasteiger partial charge on any atom is -0.392 e. The third-order valence-corrected chi connectivity index (χ3v) is 5.04. The number of rotatable bonds is 6. The standard InChI is InChI=1S/C13H20BrNO2S/c1-4-9(2)12(16)5-13(17)15(3)6-10-7-18-8-11(10)14/h7-9,12,16H,4-6H2,1-3H3. The molecule has 0 spiro atoms. The van der Waals surface area contributed by atoms with Gasteiger partial charge in [-0.2, -0.15) is 11.3 Å². The van der Waals surface area contributed by atoms with Crippen LogP contribution in [-0.4, -0.2) is 29.1 Å². The molecule has 0 saturated heterocycles. The van der Waals surface area contributed by atoms with E-state index in [0.717, 1.165) is 16.5 Å². The number of carbonyl (C=O) groups excluding carboxylic acids is 1. The van der Waals surface area contributed by atoms with E-state index in [0.29, 0.717) is 6.54 Å². The van der Waals surface area contributed by atoms with Crippen molar-refractivity contribution in [2.24, 2.45) is 5.92 Å². The molecular formula is C13H20BrNO2S. The van der Waals surface area contributed by atoms with E-state index in [-0.39, 0.29) is 18.2 Å². The third kappa shape index (κ3) is 4.37. The molecule has 0 saturated carbocycles. The van der Waals surface area contributed by atoms with E-state index in [2.05, 4.69) is 15.9 Å². The normalized spacial score (nSPS) is 14.3. The van der Waals surface area contributed by atoms with Crippen LogP contribution in [0.5, 0.6) is 0 Å². The van der Waals surface area contributed by atoms with Crippen molar-refractivity contribution in [1.82, 2.24) is 4.90 Å². The van der Waals surface area contributed by atoms with Gasteiger partial charge < -0.3 is 10.0 Å². The van der Waals surface area contributed by atoms with E-state index < -0.39 is 6.10 Å². The Hall–Kier alpha value is -0.390. The van der Waals surface area contributed by atoms with Crippen LogP contribution in [0.15, 0.2) is 15.2 Å². The summed E-state index contributed by atoms with van der Waals surface area (Å²) >= 11 is 5.06. The van der Waals surface area contributed by atoms with Gasteiger partial charge in [-0.3, -0.25) is 4.79 Å². The van der Waals surface area contributed by atoms with Crippen LogP contribution in [-0.2, 0) is 11.3 Å². The highest BCUT2D eigenvalue weighted by atomic mass is 79.9. The summed E-state index contributed by atoms with van der Waals surface area (Å²) in [5.74, 6) is 0.149. The van der Waals surface area contributed by atoms with Gasteiger partial charge in [0.05, 0.1) is 12.5 Å². The number of nitrogens with zero attached hydrogens (tertiary/aromatic N) is 1. The Morgan fingerprint density at radius 1 is 1.56 bits per heavy atom. The molecule has 3 nitrogen and oxygen atoms in total. The minimum absolute atomic E-state index is 0.0131. The Labute approximate surface area is 121 Å². The van der Waals surface area contributed by atoms with Crippen LogP contribution in [0.2, 0.25) is 0 Å². The van der Waals surface area contributed by atoms with Crippen molar-refractivity contribution < 1.29 is 9.90 Å². The van der Waals surface area contributed by atoms with Gasteiger partial charge in [0.15, 0.2) is 0 Å². The maximum absolute atomic E-state index is 12.0. The number of amides is 1. The van der Waals surface area contributed by atoms with Crippen LogP contribution in [0.4, 0.5) is 0 Å². The van der Waals surface area contributed by atoms with Gasteiger partial charge in [0.1, 0.15) is 0 Å². The maximum atomic E-state index is 12.0. The Morgan fingerprint density at radius 2 is 2.22 bits per heavy atom. The summed E-state index contributed by atoms with van der Waals surface area (Å²) in [7, 11) is 1.77. The van der Waals surface area contributed by atoms with Crippen molar-refractivity contribution in [3.05, 3.63) is 20.8 Å². The smallest absolute Gasteiger partial charge is 0.225 e. The number of halogens is 1. The van der Waals surface area contributed by atoms with Crippen LogP contribution in [0.1, 0.15) is 32.3 Å². The molecule has 1 N–H and O–H groups in total. The lowest BCUT2D eigenvalue weighted by Crippen LogP contribution is -2.31. The Kier molecular flexibility index (Phi) is 6.32. The highest BCUT2D eigenvalue weighted by Gasteiger charge is 2.19.